The third-order valence-electron chi connectivity index (χ3n) is 4.10. The van der Waals surface area contributed by atoms with Gasteiger partial charge in [-0.25, -0.2) is 0 Å². The molecule has 2 amide bonds. The topological polar surface area (TPSA) is 85.2 Å². The standard InChI is InChI=1S/C18H24N4O2/c1-13(2)18(24)21-16-4-3-9-22(12-16)17(23)11-20-15-7-5-14(10-19)6-8-15/h5-8,13,16,20H,3-4,9,11-12H2,1-2H3,(H,21,24). The van der Waals surface area contributed by atoms with Gasteiger partial charge in [0.25, 0.3) is 0 Å². The second-order valence-corrected chi connectivity index (χ2v) is 6.38. The molecule has 0 spiro atoms. The van der Waals surface area contributed by atoms with Crippen molar-refractivity contribution < 1.29 is 9.59 Å². The van der Waals surface area contributed by atoms with Crippen molar-refractivity contribution in [2.24, 2.45) is 5.92 Å². The van der Waals surface area contributed by atoms with Crippen LogP contribution in [0.15, 0.2) is 24.3 Å². The van der Waals surface area contributed by atoms with E-state index in [0.29, 0.717) is 12.1 Å². The molecule has 0 saturated carbocycles. The van der Waals surface area contributed by atoms with E-state index in [0.717, 1.165) is 25.1 Å². The fraction of sp³-hybridized carbons (Fsp3) is 0.500. The van der Waals surface area contributed by atoms with E-state index in [9.17, 15) is 9.59 Å². The normalized spacial score (nSPS) is 17.2. The number of nitriles is 1. The smallest absolute Gasteiger partial charge is 0.241 e. The lowest BCUT2D eigenvalue weighted by molar-refractivity contribution is -0.132. The lowest BCUT2D eigenvalue weighted by Crippen LogP contribution is -2.51. The van der Waals surface area contributed by atoms with Crippen LogP contribution >= 0.6 is 0 Å². The summed E-state index contributed by atoms with van der Waals surface area (Å²) in [5.74, 6) is 0.00184. The van der Waals surface area contributed by atoms with Gasteiger partial charge in [0.15, 0.2) is 0 Å². The van der Waals surface area contributed by atoms with Gasteiger partial charge in [-0.1, -0.05) is 13.8 Å². The highest BCUT2D eigenvalue weighted by molar-refractivity contribution is 5.81. The van der Waals surface area contributed by atoms with E-state index in [-0.39, 0.29) is 30.3 Å². The molecule has 0 aromatic heterocycles. The molecule has 0 aliphatic carbocycles. The molecule has 1 saturated heterocycles. The van der Waals surface area contributed by atoms with Crippen LogP contribution in [0, 0.1) is 17.2 Å². The molecule has 1 aliphatic rings. The zero-order chi connectivity index (χ0) is 17.5. The molecule has 1 aliphatic heterocycles. The van der Waals surface area contributed by atoms with Crippen molar-refractivity contribution in [3.63, 3.8) is 0 Å². The van der Waals surface area contributed by atoms with Gasteiger partial charge in [0, 0.05) is 30.7 Å². The number of likely N-dealkylation sites (tertiary alicyclic amines) is 1. The van der Waals surface area contributed by atoms with Crippen LogP contribution in [0.25, 0.3) is 0 Å². The number of hydrogen-bond acceptors (Lipinski definition) is 4. The van der Waals surface area contributed by atoms with Crippen LogP contribution in [0.5, 0.6) is 0 Å². The van der Waals surface area contributed by atoms with Gasteiger partial charge in [-0.3, -0.25) is 9.59 Å². The summed E-state index contributed by atoms with van der Waals surface area (Å²) in [6.07, 6.45) is 1.80. The molecule has 2 rings (SSSR count). The van der Waals surface area contributed by atoms with Crippen LogP contribution in [0.3, 0.4) is 0 Å². The minimum Gasteiger partial charge on any atom is -0.376 e. The van der Waals surface area contributed by atoms with E-state index in [1.165, 1.54) is 0 Å². The summed E-state index contributed by atoms with van der Waals surface area (Å²) < 4.78 is 0. The molecule has 1 fully saturated rings. The zero-order valence-corrected chi connectivity index (χ0v) is 14.2. The van der Waals surface area contributed by atoms with Crippen molar-refractivity contribution in [3.05, 3.63) is 29.8 Å². The van der Waals surface area contributed by atoms with Crippen molar-refractivity contribution in [2.75, 3.05) is 25.0 Å². The minimum absolute atomic E-state index is 0.0165. The molecule has 1 atom stereocenters. The number of carbonyl (C=O) groups excluding carboxylic acids is 2. The average molecular weight is 328 g/mol. The first-order valence-corrected chi connectivity index (χ1v) is 8.31. The second kappa shape index (κ2) is 8.34. The molecular formula is C18H24N4O2. The monoisotopic (exact) mass is 328 g/mol. The van der Waals surface area contributed by atoms with E-state index >= 15 is 0 Å². The van der Waals surface area contributed by atoms with Crippen LogP contribution in [0.2, 0.25) is 0 Å². The molecule has 128 valence electrons. The minimum atomic E-state index is -0.0471. The summed E-state index contributed by atoms with van der Waals surface area (Å²) in [6.45, 7) is 5.22. The van der Waals surface area contributed by atoms with Gasteiger partial charge in [0.1, 0.15) is 0 Å². The Kier molecular flexibility index (Phi) is 6.19. The summed E-state index contributed by atoms with van der Waals surface area (Å²) >= 11 is 0. The Balaban J connectivity index is 1.82. The van der Waals surface area contributed by atoms with Crippen LogP contribution in [-0.4, -0.2) is 42.4 Å². The maximum absolute atomic E-state index is 12.4. The number of hydrogen-bond donors (Lipinski definition) is 2. The number of anilines is 1. The molecule has 6 nitrogen and oxygen atoms in total. The van der Waals surface area contributed by atoms with E-state index in [2.05, 4.69) is 16.7 Å². The van der Waals surface area contributed by atoms with E-state index < -0.39 is 0 Å². The Hall–Kier alpha value is -2.55. The lowest BCUT2D eigenvalue weighted by atomic mass is 10.0. The van der Waals surface area contributed by atoms with Crippen LogP contribution in [0.1, 0.15) is 32.3 Å². The molecule has 1 heterocycles. The van der Waals surface area contributed by atoms with Gasteiger partial charge in [0.2, 0.25) is 11.8 Å². The Labute approximate surface area is 142 Å². The summed E-state index contributed by atoms with van der Waals surface area (Å²) in [7, 11) is 0. The number of nitrogens with zero attached hydrogens (tertiary/aromatic N) is 2. The van der Waals surface area contributed by atoms with Gasteiger partial charge in [0.05, 0.1) is 18.2 Å². The van der Waals surface area contributed by atoms with E-state index in [1.54, 1.807) is 29.2 Å². The Morgan fingerprint density at radius 3 is 2.67 bits per heavy atom. The van der Waals surface area contributed by atoms with Crippen molar-refractivity contribution in [2.45, 2.75) is 32.7 Å². The lowest BCUT2D eigenvalue weighted by Gasteiger charge is -2.33. The molecule has 0 radical (unpaired) electrons. The van der Waals surface area contributed by atoms with Gasteiger partial charge in [-0.2, -0.15) is 5.26 Å². The Morgan fingerprint density at radius 1 is 1.33 bits per heavy atom. The molecule has 1 unspecified atom stereocenters. The Bertz CT molecular complexity index is 619. The van der Waals surface area contributed by atoms with Gasteiger partial charge in [-0.05, 0) is 37.1 Å². The number of carbonyl (C=O) groups is 2. The zero-order valence-electron chi connectivity index (χ0n) is 14.2. The van der Waals surface area contributed by atoms with Crippen molar-refractivity contribution in [1.82, 2.24) is 10.2 Å². The predicted molar refractivity (Wildman–Crippen MR) is 92.2 cm³/mol. The molecule has 2 N–H and O–H groups in total. The highest BCUT2D eigenvalue weighted by atomic mass is 16.2. The SMILES string of the molecule is CC(C)C(=O)NC1CCCN(C(=O)CNc2ccc(C#N)cc2)C1. The first-order valence-electron chi connectivity index (χ1n) is 8.31. The second-order valence-electron chi connectivity index (χ2n) is 6.38. The van der Waals surface area contributed by atoms with Gasteiger partial charge < -0.3 is 15.5 Å². The number of rotatable bonds is 5. The van der Waals surface area contributed by atoms with Crippen molar-refractivity contribution in [3.8, 4) is 6.07 Å². The third kappa shape index (κ3) is 4.98. The average Bonchev–Trinajstić information content (AvgIpc) is 2.60. The first-order chi connectivity index (χ1) is 11.5. The maximum Gasteiger partial charge on any atom is 0.241 e. The van der Waals surface area contributed by atoms with Crippen molar-refractivity contribution in [1.29, 1.82) is 5.26 Å². The molecule has 0 bridgehead atoms. The quantitative estimate of drug-likeness (QED) is 0.862. The number of nitrogens with one attached hydrogen (secondary N) is 2. The number of piperidine rings is 1. The van der Waals surface area contributed by atoms with Gasteiger partial charge in [-0.15, -0.1) is 0 Å². The van der Waals surface area contributed by atoms with Crippen LogP contribution < -0.4 is 10.6 Å². The molecule has 1 aromatic carbocycles. The summed E-state index contributed by atoms with van der Waals surface area (Å²) in [6, 6.07) is 9.09. The van der Waals surface area contributed by atoms with Crippen molar-refractivity contribution >= 4 is 17.5 Å². The predicted octanol–water partition coefficient (Wildman–Crippen LogP) is 1.73. The largest absolute Gasteiger partial charge is 0.376 e. The van der Waals surface area contributed by atoms with Crippen LogP contribution in [-0.2, 0) is 9.59 Å². The summed E-state index contributed by atoms with van der Waals surface area (Å²) in [5, 5.41) is 14.9. The van der Waals surface area contributed by atoms with E-state index in [1.807, 2.05) is 13.8 Å². The van der Waals surface area contributed by atoms with E-state index in [4.69, 9.17) is 5.26 Å². The highest BCUT2D eigenvalue weighted by Gasteiger charge is 2.25. The first kappa shape index (κ1) is 17.8. The molecule has 24 heavy (non-hydrogen) atoms. The number of amides is 2. The summed E-state index contributed by atoms with van der Waals surface area (Å²) in [5.41, 5.74) is 1.40. The highest BCUT2D eigenvalue weighted by Crippen LogP contribution is 2.12. The molecule has 1 aromatic rings. The molecular weight excluding hydrogens is 304 g/mol. The third-order valence-corrected chi connectivity index (χ3v) is 4.10. The molecule has 6 heteroatoms. The Morgan fingerprint density at radius 2 is 2.04 bits per heavy atom. The fourth-order valence-corrected chi connectivity index (χ4v) is 2.64. The fourth-order valence-electron chi connectivity index (χ4n) is 2.64. The van der Waals surface area contributed by atoms with Gasteiger partial charge >= 0.3 is 0 Å². The maximum atomic E-state index is 12.4. The summed E-state index contributed by atoms with van der Waals surface area (Å²) in [4.78, 5) is 26.0. The number of benzene rings is 1. The van der Waals surface area contributed by atoms with Crippen LogP contribution in [0.4, 0.5) is 5.69 Å².